The minimum Gasteiger partial charge on any atom is -0.347 e. The van der Waals surface area contributed by atoms with E-state index in [1.54, 1.807) is 17.7 Å². The number of fused-ring (bicyclic) bond motifs is 2. The number of hydrogen-bond donors (Lipinski definition) is 0. The van der Waals surface area contributed by atoms with Gasteiger partial charge in [-0.3, -0.25) is 0 Å². The third-order valence-corrected chi connectivity index (χ3v) is 6.54. The van der Waals surface area contributed by atoms with Gasteiger partial charge < -0.3 is 9.47 Å². The molecule has 1 aliphatic heterocycles. The third kappa shape index (κ3) is 2.86. The topological polar surface area (TPSA) is 59.7 Å². The van der Waals surface area contributed by atoms with Crippen LogP contribution in [-0.4, -0.2) is 31.3 Å². The fourth-order valence-electron chi connectivity index (χ4n) is 3.98. The molecule has 0 atom stereocenters. The van der Waals surface area contributed by atoms with Gasteiger partial charge in [0.05, 0.1) is 11.9 Å². The predicted molar refractivity (Wildman–Crippen MR) is 119 cm³/mol. The number of nitrogens with zero attached hydrogens (tertiary/aromatic N) is 6. The van der Waals surface area contributed by atoms with E-state index in [0.717, 1.165) is 46.3 Å². The summed E-state index contributed by atoms with van der Waals surface area (Å²) in [6.07, 6.45) is 1.66. The van der Waals surface area contributed by atoms with Crippen molar-refractivity contribution in [2.75, 3.05) is 11.4 Å². The van der Waals surface area contributed by atoms with Crippen LogP contribution in [0.1, 0.15) is 5.82 Å². The maximum atomic E-state index is 4.64. The molecule has 146 valence electrons. The molecular formula is C23H18N6S. The van der Waals surface area contributed by atoms with E-state index in [4.69, 9.17) is 0 Å². The van der Waals surface area contributed by atoms with Gasteiger partial charge in [0.1, 0.15) is 17.0 Å². The molecule has 0 saturated carbocycles. The van der Waals surface area contributed by atoms with Gasteiger partial charge in [0.25, 0.3) is 0 Å². The van der Waals surface area contributed by atoms with E-state index in [0.29, 0.717) is 6.54 Å². The summed E-state index contributed by atoms with van der Waals surface area (Å²) in [4.78, 5) is 13.7. The average molecular weight is 411 g/mol. The van der Waals surface area contributed by atoms with E-state index >= 15 is 0 Å². The van der Waals surface area contributed by atoms with Crippen LogP contribution in [0, 0.1) is 0 Å². The van der Waals surface area contributed by atoms with Crippen molar-refractivity contribution in [3.63, 3.8) is 0 Å². The van der Waals surface area contributed by atoms with Crippen LogP contribution in [0.4, 0.5) is 5.82 Å². The van der Waals surface area contributed by atoms with Crippen LogP contribution in [0.3, 0.4) is 0 Å². The Labute approximate surface area is 177 Å². The summed E-state index contributed by atoms with van der Waals surface area (Å²) in [6.45, 7) is 2.36. The van der Waals surface area contributed by atoms with E-state index in [9.17, 15) is 0 Å². The quantitative estimate of drug-likeness (QED) is 0.434. The van der Waals surface area contributed by atoms with Gasteiger partial charge in [-0.2, -0.15) is 0 Å². The van der Waals surface area contributed by atoms with Crippen molar-refractivity contribution in [2.24, 2.45) is 0 Å². The summed E-state index contributed by atoms with van der Waals surface area (Å²) in [6, 6.07) is 22.9. The van der Waals surface area contributed by atoms with Crippen LogP contribution < -0.4 is 4.90 Å². The zero-order valence-electron chi connectivity index (χ0n) is 16.1. The maximum Gasteiger partial charge on any atom is 0.164 e. The highest BCUT2D eigenvalue weighted by molar-refractivity contribution is 7.21. The molecule has 3 aromatic heterocycles. The molecule has 0 fully saturated rings. The minimum absolute atomic E-state index is 0.683. The second kappa shape index (κ2) is 7.03. The van der Waals surface area contributed by atoms with E-state index in [1.807, 2.05) is 24.3 Å². The minimum atomic E-state index is 0.683. The van der Waals surface area contributed by atoms with Gasteiger partial charge in [-0.15, -0.1) is 21.5 Å². The Hall–Kier alpha value is -3.58. The fraction of sp³-hybridized carbons (Fsp3) is 0.130. The first-order chi connectivity index (χ1) is 14.9. The van der Waals surface area contributed by atoms with Gasteiger partial charge >= 0.3 is 0 Å². The van der Waals surface area contributed by atoms with Crippen molar-refractivity contribution in [3.05, 3.63) is 78.9 Å². The number of thiophene rings is 1. The van der Waals surface area contributed by atoms with Gasteiger partial charge in [-0.05, 0) is 11.6 Å². The molecule has 5 aromatic rings. The van der Waals surface area contributed by atoms with Crippen molar-refractivity contribution in [3.8, 4) is 21.8 Å². The lowest BCUT2D eigenvalue weighted by atomic mass is 10.2. The molecule has 0 spiro atoms. The van der Waals surface area contributed by atoms with Crippen LogP contribution in [0.15, 0.2) is 73.1 Å². The molecule has 0 aliphatic carbocycles. The molecule has 4 heterocycles. The molecule has 0 radical (unpaired) electrons. The molecule has 1 aliphatic rings. The highest BCUT2D eigenvalue weighted by Gasteiger charge is 2.24. The molecule has 0 amide bonds. The highest BCUT2D eigenvalue weighted by Crippen LogP contribution is 2.37. The second-order valence-corrected chi connectivity index (χ2v) is 8.30. The largest absolute Gasteiger partial charge is 0.347 e. The molecular weight excluding hydrogens is 392 g/mol. The van der Waals surface area contributed by atoms with E-state index in [2.05, 4.69) is 72.1 Å². The number of aromatic nitrogens is 5. The standard InChI is InChI=1S/C23H18N6S/c1-3-7-16(8-4-1)19-13-18-22(24-15-25-23(18)30-19)28-11-12-29-20(14-28)26-27-21(29)17-9-5-2-6-10-17/h1-10,13,15H,11-12,14H2. The van der Waals surface area contributed by atoms with Crippen molar-refractivity contribution in [1.29, 1.82) is 0 Å². The summed E-state index contributed by atoms with van der Waals surface area (Å²) in [5.41, 5.74) is 2.30. The van der Waals surface area contributed by atoms with E-state index in [-0.39, 0.29) is 0 Å². The Bertz CT molecular complexity index is 1330. The molecule has 0 unspecified atom stereocenters. The van der Waals surface area contributed by atoms with Crippen LogP contribution >= 0.6 is 11.3 Å². The first-order valence-electron chi connectivity index (χ1n) is 9.89. The Morgan fingerprint density at radius 2 is 1.57 bits per heavy atom. The zero-order valence-corrected chi connectivity index (χ0v) is 17.0. The van der Waals surface area contributed by atoms with Gasteiger partial charge in [-0.1, -0.05) is 60.7 Å². The number of rotatable bonds is 3. The van der Waals surface area contributed by atoms with E-state index in [1.165, 1.54) is 10.4 Å². The van der Waals surface area contributed by atoms with E-state index < -0.39 is 0 Å². The van der Waals surface area contributed by atoms with Crippen molar-refractivity contribution in [2.45, 2.75) is 13.1 Å². The molecule has 0 saturated heterocycles. The summed E-state index contributed by atoms with van der Waals surface area (Å²) >= 11 is 1.70. The van der Waals surface area contributed by atoms with Gasteiger partial charge in [0, 0.05) is 23.5 Å². The summed E-state index contributed by atoms with van der Waals surface area (Å²) in [5.74, 6) is 2.86. The van der Waals surface area contributed by atoms with Gasteiger partial charge in [0.2, 0.25) is 0 Å². The van der Waals surface area contributed by atoms with Gasteiger partial charge in [-0.25, -0.2) is 9.97 Å². The number of benzene rings is 2. The highest BCUT2D eigenvalue weighted by atomic mass is 32.1. The monoisotopic (exact) mass is 410 g/mol. The normalized spacial score (nSPS) is 13.5. The second-order valence-electron chi connectivity index (χ2n) is 7.27. The van der Waals surface area contributed by atoms with Crippen LogP contribution in [0.25, 0.3) is 32.0 Å². The lowest BCUT2D eigenvalue weighted by Gasteiger charge is -2.29. The van der Waals surface area contributed by atoms with Crippen molar-refractivity contribution in [1.82, 2.24) is 24.7 Å². The Morgan fingerprint density at radius 1 is 0.800 bits per heavy atom. The first-order valence-corrected chi connectivity index (χ1v) is 10.7. The zero-order chi connectivity index (χ0) is 19.9. The Kier molecular flexibility index (Phi) is 4.06. The lowest BCUT2D eigenvalue weighted by molar-refractivity contribution is 0.561. The summed E-state index contributed by atoms with van der Waals surface area (Å²) in [5, 5.41) is 10.0. The Balaban J connectivity index is 1.36. The lowest BCUT2D eigenvalue weighted by Crippen LogP contribution is -2.34. The van der Waals surface area contributed by atoms with Crippen molar-refractivity contribution >= 4 is 27.4 Å². The maximum absolute atomic E-state index is 4.64. The molecule has 6 rings (SSSR count). The van der Waals surface area contributed by atoms with Crippen LogP contribution in [0.5, 0.6) is 0 Å². The predicted octanol–water partition coefficient (Wildman–Crippen LogP) is 4.64. The molecule has 0 bridgehead atoms. The van der Waals surface area contributed by atoms with Crippen LogP contribution in [-0.2, 0) is 13.1 Å². The molecule has 0 N–H and O–H groups in total. The smallest absolute Gasteiger partial charge is 0.164 e. The SMILES string of the molecule is c1ccc(-c2cc3c(N4CCn5c(nnc5-c5ccccc5)C4)ncnc3s2)cc1. The Morgan fingerprint density at radius 3 is 2.37 bits per heavy atom. The average Bonchev–Trinajstić information content (AvgIpc) is 3.44. The summed E-state index contributed by atoms with van der Waals surface area (Å²) < 4.78 is 2.22. The molecule has 30 heavy (non-hydrogen) atoms. The fourth-order valence-corrected chi connectivity index (χ4v) is 4.98. The molecule has 6 nitrogen and oxygen atoms in total. The first kappa shape index (κ1) is 17.3. The van der Waals surface area contributed by atoms with Crippen molar-refractivity contribution < 1.29 is 0 Å². The van der Waals surface area contributed by atoms with Crippen LogP contribution in [0.2, 0.25) is 0 Å². The molecule has 7 heteroatoms. The summed E-state index contributed by atoms with van der Waals surface area (Å²) in [7, 11) is 0. The number of anilines is 1. The number of hydrogen-bond acceptors (Lipinski definition) is 6. The molecule has 2 aromatic carbocycles. The third-order valence-electron chi connectivity index (χ3n) is 5.45. The van der Waals surface area contributed by atoms with Gasteiger partial charge in [0.15, 0.2) is 11.6 Å².